The molecule has 0 saturated heterocycles. The standard InChI is InChI=1S/C18H19N3O4S/c22-16-7-6-14(21(24)25)10-12(16)11-19-18-15(8-9-26-18)17(23)20-13-4-2-1-3-5-13/h6-11,13,22H,1-5H2,(H,20,23)/b19-11+. The second-order valence-electron chi connectivity index (χ2n) is 6.21. The number of nitrogens with one attached hydrogen (secondary N) is 1. The molecule has 0 radical (unpaired) electrons. The van der Waals surface area contributed by atoms with Crippen molar-refractivity contribution in [2.24, 2.45) is 4.99 Å². The van der Waals surface area contributed by atoms with Gasteiger partial charge in [-0.25, -0.2) is 4.99 Å². The first kappa shape index (κ1) is 18.1. The summed E-state index contributed by atoms with van der Waals surface area (Å²) >= 11 is 1.30. The van der Waals surface area contributed by atoms with Crippen molar-refractivity contribution in [2.75, 3.05) is 0 Å². The molecule has 0 atom stereocenters. The van der Waals surface area contributed by atoms with E-state index in [9.17, 15) is 20.0 Å². The monoisotopic (exact) mass is 373 g/mol. The van der Waals surface area contributed by atoms with E-state index in [1.54, 1.807) is 11.4 Å². The van der Waals surface area contributed by atoms with Gasteiger partial charge in [0.1, 0.15) is 10.8 Å². The molecule has 1 fully saturated rings. The molecule has 1 aromatic carbocycles. The van der Waals surface area contributed by atoms with Gasteiger partial charge < -0.3 is 10.4 Å². The largest absolute Gasteiger partial charge is 0.507 e. The lowest BCUT2D eigenvalue weighted by Gasteiger charge is -2.22. The molecule has 8 heteroatoms. The molecule has 1 aliphatic rings. The van der Waals surface area contributed by atoms with Crippen molar-refractivity contribution in [3.05, 3.63) is 50.9 Å². The summed E-state index contributed by atoms with van der Waals surface area (Å²) in [6, 6.07) is 5.64. The van der Waals surface area contributed by atoms with Gasteiger partial charge in [-0.05, 0) is 30.4 Å². The lowest BCUT2D eigenvalue weighted by atomic mass is 9.95. The van der Waals surface area contributed by atoms with Crippen LogP contribution in [0.4, 0.5) is 10.7 Å². The molecule has 2 aromatic rings. The van der Waals surface area contributed by atoms with E-state index < -0.39 is 4.92 Å². The molecule has 0 aliphatic heterocycles. The number of aliphatic imine (C=N–C) groups is 1. The van der Waals surface area contributed by atoms with Gasteiger partial charge in [0, 0.05) is 30.0 Å². The lowest BCUT2D eigenvalue weighted by molar-refractivity contribution is -0.384. The van der Waals surface area contributed by atoms with Gasteiger partial charge in [0.05, 0.1) is 10.5 Å². The summed E-state index contributed by atoms with van der Waals surface area (Å²) in [5.74, 6) is -0.266. The summed E-state index contributed by atoms with van der Waals surface area (Å²) in [6.45, 7) is 0. The number of nitrogens with zero attached hydrogens (tertiary/aromatic N) is 2. The van der Waals surface area contributed by atoms with Crippen molar-refractivity contribution in [3.63, 3.8) is 0 Å². The van der Waals surface area contributed by atoms with Crippen LogP contribution in [0.1, 0.15) is 48.0 Å². The van der Waals surface area contributed by atoms with E-state index in [4.69, 9.17) is 0 Å². The molecule has 7 nitrogen and oxygen atoms in total. The minimum Gasteiger partial charge on any atom is -0.507 e. The third-order valence-electron chi connectivity index (χ3n) is 4.37. The zero-order valence-electron chi connectivity index (χ0n) is 14.1. The molecular formula is C18H19N3O4S. The number of carbonyl (C=O) groups is 1. The number of non-ortho nitro benzene ring substituents is 1. The molecule has 1 aliphatic carbocycles. The SMILES string of the molecule is O=C(NC1CCCCC1)c1ccsc1/N=C/c1cc([N+](=O)[O-])ccc1O. The second-order valence-corrected chi connectivity index (χ2v) is 7.10. The number of phenols is 1. The Hall–Kier alpha value is -2.74. The summed E-state index contributed by atoms with van der Waals surface area (Å²) in [6.07, 6.45) is 6.81. The molecular weight excluding hydrogens is 354 g/mol. The van der Waals surface area contributed by atoms with Crippen LogP contribution in [0, 0.1) is 10.1 Å². The first-order valence-electron chi connectivity index (χ1n) is 8.44. The normalized spacial score (nSPS) is 15.2. The number of benzene rings is 1. The van der Waals surface area contributed by atoms with Gasteiger partial charge >= 0.3 is 0 Å². The zero-order chi connectivity index (χ0) is 18.5. The average molecular weight is 373 g/mol. The van der Waals surface area contributed by atoms with E-state index in [0.717, 1.165) is 25.7 Å². The Bertz CT molecular complexity index is 841. The van der Waals surface area contributed by atoms with Crippen molar-refractivity contribution in [3.8, 4) is 5.75 Å². The first-order valence-corrected chi connectivity index (χ1v) is 9.32. The minimum atomic E-state index is -0.537. The average Bonchev–Trinajstić information content (AvgIpc) is 3.10. The number of rotatable bonds is 5. The molecule has 136 valence electrons. The van der Waals surface area contributed by atoms with Gasteiger partial charge in [-0.15, -0.1) is 11.3 Å². The summed E-state index contributed by atoms with van der Waals surface area (Å²) in [4.78, 5) is 27.1. The predicted molar refractivity (Wildman–Crippen MR) is 101 cm³/mol. The fourth-order valence-corrected chi connectivity index (χ4v) is 3.71. The van der Waals surface area contributed by atoms with Crippen LogP contribution in [0.25, 0.3) is 0 Å². The molecule has 26 heavy (non-hydrogen) atoms. The van der Waals surface area contributed by atoms with Crippen LogP contribution in [-0.2, 0) is 0 Å². The Morgan fingerprint density at radius 2 is 2.08 bits per heavy atom. The summed E-state index contributed by atoms with van der Waals surface area (Å²) in [5, 5.41) is 26.0. The Morgan fingerprint density at radius 1 is 1.31 bits per heavy atom. The third-order valence-corrected chi connectivity index (χ3v) is 5.19. The fraction of sp³-hybridized carbons (Fsp3) is 0.333. The van der Waals surface area contributed by atoms with E-state index in [-0.39, 0.29) is 28.9 Å². The topological polar surface area (TPSA) is 105 Å². The van der Waals surface area contributed by atoms with Gasteiger partial charge in [-0.2, -0.15) is 0 Å². The number of hydrogen-bond donors (Lipinski definition) is 2. The highest BCUT2D eigenvalue weighted by Gasteiger charge is 2.19. The lowest BCUT2D eigenvalue weighted by Crippen LogP contribution is -2.35. The van der Waals surface area contributed by atoms with E-state index in [0.29, 0.717) is 10.6 Å². The number of nitro groups is 1. The Kier molecular flexibility index (Phi) is 5.62. The van der Waals surface area contributed by atoms with Crippen molar-refractivity contribution in [1.82, 2.24) is 5.32 Å². The second kappa shape index (κ2) is 8.09. The van der Waals surface area contributed by atoms with Gasteiger partial charge in [0.15, 0.2) is 0 Å². The van der Waals surface area contributed by atoms with Crippen LogP contribution in [0.5, 0.6) is 5.75 Å². The molecule has 0 unspecified atom stereocenters. The number of phenolic OH excluding ortho intramolecular Hbond substituents is 1. The molecule has 1 saturated carbocycles. The first-order chi connectivity index (χ1) is 12.5. The van der Waals surface area contributed by atoms with Crippen LogP contribution in [-0.4, -0.2) is 28.2 Å². The molecule has 2 N–H and O–H groups in total. The molecule has 1 aromatic heterocycles. The predicted octanol–water partition coefficient (Wildman–Crippen LogP) is 4.18. The highest BCUT2D eigenvalue weighted by atomic mass is 32.1. The van der Waals surface area contributed by atoms with Crippen molar-refractivity contribution in [1.29, 1.82) is 0 Å². The van der Waals surface area contributed by atoms with Gasteiger partial charge in [-0.3, -0.25) is 14.9 Å². The van der Waals surface area contributed by atoms with E-state index in [1.165, 1.54) is 42.2 Å². The van der Waals surface area contributed by atoms with Crippen molar-refractivity contribution < 1.29 is 14.8 Å². The summed E-state index contributed by atoms with van der Waals surface area (Å²) in [7, 11) is 0. The van der Waals surface area contributed by atoms with Gasteiger partial charge in [-0.1, -0.05) is 19.3 Å². The van der Waals surface area contributed by atoms with E-state index in [1.807, 2.05) is 0 Å². The zero-order valence-corrected chi connectivity index (χ0v) is 14.9. The number of amides is 1. The number of hydrogen-bond acceptors (Lipinski definition) is 6. The summed E-state index contributed by atoms with van der Waals surface area (Å²) in [5.41, 5.74) is 0.568. The van der Waals surface area contributed by atoms with Crippen LogP contribution >= 0.6 is 11.3 Å². The van der Waals surface area contributed by atoms with E-state index in [2.05, 4.69) is 10.3 Å². The van der Waals surface area contributed by atoms with Crippen LogP contribution in [0.2, 0.25) is 0 Å². The minimum absolute atomic E-state index is 0.107. The molecule has 3 rings (SSSR count). The Morgan fingerprint density at radius 3 is 2.81 bits per heavy atom. The Balaban J connectivity index is 1.76. The maximum absolute atomic E-state index is 12.5. The summed E-state index contributed by atoms with van der Waals surface area (Å²) < 4.78 is 0. The molecule has 0 spiro atoms. The molecule has 0 bridgehead atoms. The Labute approximate surface area is 154 Å². The highest BCUT2D eigenvalue weighted by Crippen LogP contribution is 2.28. The van der Waals surface area contributed by atoms with Crippen LogP contribution in [0.15, 0.2) is 34.6 Å². The third kappa shape index (κ3) is 4.26. The number of carbonyl (C=O) groups excluding carboxylic acids is 1. The van der Waals surface area contributed by atoms with Gasteiger partial charge in [0.2, 0.25) is 0 Å². The van der Waals surface area contributed by atoms with Crippen molar-refractivity contribution in [2.45, 2.75) is 38.1 Å². The number of aromatic hydroxyl groups is 1. The highest BCUT2D eigenvalue weighted by molar-refractivity contribution is 7.14. The van der Waals surface area contributed by atoms with Crippen molar-refractivity contribution >= 4 is 34.1 Å². The van der Waals surface area contributed by atoms with Crippen LogP contribution in [0.3, 0.4) is 0 Å². The molecule has 1 amide bonds. The quantitative estimate of drug-likeness (QED) is 0.466. The smallest absolute Gasteiger partial charge is 0.270 e. The maximum atomic E-state index is 12.5. The van der Waals surface area contributed by atoms with E-state index >= 15 is 0 Å². The maximum Gasteiger partial charge on any atom is 0.270 e. The number of nitro benzene ring substituents is 1. The fourth-order valence-electron chi connectivity index (χ4n) is 2.97. The van der Waals surface area contributed by atoms with Crippen LogP contribution < -0.4 is 5.32 Å². The van der Waals surface area contributed by atoms with Gasteiger partial charge in [0.25, 0.3) is 11.6 Å². The number of thiophene rings is 1. The molecule has 1 heterocycles.